The fraction of sp³-hybridized carbons (Fsp3) is 0.143. The summed E-state index contributed by atoms with van der Waals surface area (Å²) in [5.74, 6) is -0.193. The Morgan fingerprint density at radius 2 is 2.20 bits per heavy atom. The van der Waals surface area contributed by atoms with Gasteiger partial charge in [-0.2, -0.15) is 5.10 Å². The summed E-state index contributed by atoms with van der Waals surface area (Å²) in [7, 11) is 1.73. The number of rotatable bonds is 4. The highest BCUT2D eigenvalue weighted by Crippen LogP contribution is 2.20. The quantitative estimate of drug-likeness (QED) is 0.370. The first kappa shape index (κ1) is 13.7. The molecule has 0 unspecified atom stereocenters. The highest BCUT2D eigenvalue weighted by molar-refractivity contribution is 6.06. The van der Waals surface area contributed by atoms with Crippen LogP contribution in [0.5, 0.6) is 0 Å². The van der Waals surface area contributed by atoms with Crippen LogP contribution in [-0.4, -0.2) is 20.5 Å². The number of benzene rings is 1. The Bertz CT molecular complexity index is 701. The molecule has 0 aliphatic carbocycles. The summed E-state index contributed by atoms with van der Waals surface area (Å²) < 4.78 is 1.54. The van der Waals surface area contributed by atoms with Crippen molar-refractivity contribution in [2.24, 2.45) is 7.05 Å². The molecule has 0 N–H and O–H groups in total. The number of carbonyl (C=O) groups is 1. The highest BCUT2D eigenvalue weighted by Gasteiger charge is 2.10. The lowest BCUT2D eigenvalue weighted by molar-refractivity contribution is -0.385. The van der Waals surface area contributed by atoms with Crippen molar-refractivity contribution >= 4 is 17.5 Å². The number of allylic oxidation sites excluding steroid dienone is 1. The molecule has 0 amide bonds. The molecule has 2 aromatic rings. The molecule has 1 aromatic heterocycles. The van der Waals surface area contributed by atoms with Crippen molar-refractivity contribution in [3.8, 4) is 0 Å². The van der Waals surface area contributed by atoms with Crippen LogP contribution in [-0.2, 0) is 7.05 Å². The fourth-order valence-corrected chi connectivity index (χ4v) is 1.74. The molecule has 1 aromatic carbocycles. The zero-order valence-electron chi connectivity index (χ0n) is 11.1. The number of aromatic nitrogens is 2. The number of ketones is 1. The molecular formula is C14H13N3O3. The van der Waals surface area contributed by atoms with E-state index in [0.29, 0.717) is 16.7 Å². The van der Waals surface area contributed by atoms with Crippen LogP contribution in [0.3, 0.4) is 0 Å². The molecule has 0 atom stereocenters. The van der Waals surface area contributed by atoms with Gasteiger partial charge in [0, 0.05) is 24.9 Å². The monoisotopic (exact) mass is 271 g/mol. The lowest BCUT2D eigenvalue weighted by atomic mass is 10.1. The molecule has 0 saturated heterocycles. The van der Waals surface area contributed by atoms with E-state index in [4.69, 9.17) is 0 Å². The van der Waals surface area contributed by atoms with E-state index in [9.17, 15) is 14.9 Å². The smallest absolute Gasteiger partial charge is 0.272 e. The van der Waals surface area contributed by atoms with E-state index in [0.717, 1.165) is 0 Å². The second-order valence-corrected chi connectivity index (χ2v) is 4.40. The van der Waals surface area contributed by atoms with Gasteiger partial charge < -0.3 is 0 Å². The van der Waals surface area contributed by atoms with Crippen LogP contribution < -0.4 is 0 Å². The topological polar surface area (TPSA) is 78.0 Å². The summed E-state index contributed by atoms with van der Waals surface area (Å²) in [4.78, 5) is 22.2. The molecule has 0 aliphatic heterocycles. The van der Waals surface area contributed by atoms with Crippen LogP contribution in [0.1, 0.15) is 21.5 Å². The Balaban J connectivity index is 2.21. The van der Waals surface area contributed by atoms with E-state index in [-0.39, 0.29) is 11.5 Å². The van der Waals surface area contributed by atoms with Gasteiger partial charge in [-0.05, 0) is 18.6 Å². The highest BCUT2D eigenvalue weighted by atomic mass is 16.6. The van der Waals surface area contributed by atoms with Gasteiger partial charge in [-0.25, -0.2) is 0 Å². The Morgan fingerprint density at radius 1 is 1.45 bits per heavy atom. The largest absolute Gasteiger partial charge is 0.289 e. The summed E-state index contributed by atoms with van der Waals surface area (Å²) in [6, 6.07) is 4.84. The van der Waals surface area contributed by atoms with Crippen molar-refractivity contribution in [3.63, 3.8) is 0 Å². The molecule has 0 spiro atoms. The third-order valence-electron chi connectivity index (χ3n) is 2.85. The van der Waals surface area contributed by atoms with Crippen molar-refractivity contribution in [1.29, 1.82) is 0 Å². The minimum Gasteiger partial charge on any atom is -0.289 e. The lowest BCUT2D eigenvalue weighted by Crippen LogP contribution is -1.93. The van der Waals surface area contributed by atoms with E-state index in [1.165, 1.54) is 23.0 Å². The number of aryl methyl sites for hydroxylation is 2. The molecule has 102 valence electrons. The van der Waals surface area contributed by atoms with Gasteiger partial charge >= 0.3 is 0 Å². The van der Waals surface area contributed by atoms with E-state index < -0.39 is 4.92 Å². The average molecular weight is 271 g/mol. The predicted molar refractivity (Wildman–Crippen MR) is 74.4 cm³/mol. The number of hydrogen-bond donors (Lipinski definition) is 0. The summed E-state index contributed by atoms with van der Waals surface area (Å²) >= 11 is 0. The number of carbonyl (C=O) groups excluding carboxylic acids is 1. The maximum absolute atomic E-state index is 11.8. The Labute approximate surface area is 115 Å². The third-order valence-corrected chi connectivity index (χ3v) is 2.85. The molecule has 6 nitrogen and oxygen atoms in total. The molecule has 0 bridgehead atoms. The Kier molecular flexibility index (Phi) is 3.74. The maximum atomic E-state index is 11.8. The third kappa shape index (κ3) is 2.97. The molecule has 0 saturated carbocycles. The standard InChI is InChI=1S/C14H13N3O3/c1-10-3-4-11(7-13(10)17(19)20)5-6-14(18)12-8-15-16(2)9-12/h3-9H,1-2H3/b6-5+. The summed E-state index contributed by atoms with van der Waals surface area (Å²) in [6.07, 6.45) is 6.03. The Morgan fingerprint density at radius 3 is 2.80 bits per heavy atom. The molecule has 0 fully saturated rings. The SMILES string of the molecule is Cc1ccc(/C=C/C(=O)c2cnn(C)c2)cc1[N+](=O)[O-]. The van der Waals surface area contributed by atoms with Gasteiger partial charge in [0.25, 0.3) is 5.69 Å². The van der Waals surface area contributed by atoms with Crippen molar-refractivity contribution in [3.05, 3.63) is 63.5 Å². The summed E-state index contributed by atoms with van der Waals surface area (Å²) in [6.45, 7) is 1.67. The predicted octanol–water partition coefficient (Wildman–Crippen LogP) is 2.53. The van der Waals surface area contributed by atoms with Gasteiger partial charge in [0.1, 0.15) is 0 Å². The van der Waals surface area contributed by atoms with Crippen molar-refractivity contribution in [2.45, 2.75) is 6.92 Å². The van der Waals surface area contributed by atoms with Gasteiger partial charge in [-0.1, -0.05) is 18.2 Å². The first-order chi connectivity index (χ1) is 9.47. The summed E-state index contributed by atoms with van der Waals surface area (Å²) in [5, 5.41) is 14.8. The maximum Gasteiger partial charge on any atom is 0.272 e. The second-order valence-electron chi connectivity index (χ2n) is 4.40. The minimum absolute atomic E-state index is 0.0426. The van der Waals surface area contributed by atoms with Crippen molar-refractivity contribution < 1.29 is 9.72 Å². The Hall–Kier alpha value is -2.76. The number of nitrogens with zero attached hydrogens (tertiary/aromatic N) is 3. The lowest BCUT2D eigenvalue weighted by Gasteiger charge is -1.98. The molecule has 1 heterocycles. The average Bonchev–Trinajstić information content (AvgIpc) is 2.84. The normalized spacial score (nSPS) is 10.9. The first-order valence-electron chi connectivity index (χ1n) is 5.93. The van der Waals surface area contributed by atoms with E-state index >= 15 is 0 Å². The van der Waals surface area contributed by atoms with Gasteiger partial charge in [0.05, 0.1) is 16.7 Å². The van der Waals surface area contributed by atoms with Crippen LogP contribution >= 0.6 is 0 Å². The first-order valence-corrected chi connectivity index (χ1v) is 5.93. The number of hydrogen-bond acceptors (Lipinski definition) is 4. The van der Waals surface area contributed by atoms with Crippen LogP contribution in [0, 0.1) is 17.0 Å². The van der Waals surface area contributed by atoms with Crippen LogP contribution in [0.25, 0.3) is 6.08 Å². The van der Waals surface area contributed by atoms with Gasteiger partial charge in [-0.15, -0.1) is 0 Å². The second kappa shape index (κ2) is 5.48. The van der Waals surface area contributed by atoms with Crippen molar-refractivity contribution in [2.75, 3.05) is 0 Å². The van der Waals surface area contributed by atoms with Gasteiger partial charge in [0.15, 0.2) is 5.78 Å². The van der Waals surface area contributed by atoms with Gasteiger partial charge in [0.2, 0.25) is 0 Å². The zero-order chi connectivity index (χ0) is 14.7. The van der Waals surface area contributed by atoms with E-state index in [1.807, 2.05) is 0 Å². The van der Waals surface area contributed by atoms with Crippen LogP contribution in [0.2, 0.25) is 0 Å². The molecule has 2 rings (SSSR count). The minimum atomic E-state index is -0.435. The van der Waals surface area contributed by atoms with Crippen LogP contribution in [0.15, 0.2) is 36.7 Å². The summed E-state index contributed by atoms with van der Waals surface area (Å²) in [5.41, 5.74) is 1.72. The zero-order valence-corrected chi connectivity index (χ0v) is 11.1. The molecular weight excluding hydrogens is 258 g/mol. The fourth-order valence-electron chi connectivity index (χ4n) is 1.74. The van der Waals surface area contributed by atoms with E-state index in [2.05, 4.69) is 5.10 Å². The number of nitro groups is 1. The molecule has 6 heteroatoms. The van der Waals surface area contributed by atoms with Gasteiger partial charge in [-0.3, -0.25) is 19.6 Å². The van der Waals surface area contributed by atoms with Crippen molar-refractivity contribution in [1.82, 2.24) is 9.78 Å². The van der Waals surface area contributed by atoms with E-state index in [1.54, 1.807) is 38.4 Å². The molecule has 20 heavy (non-hydrogen) atoms. The number of nitro benzene ring substituents is 1. The molecule has 0 aliphatic rings. The van der Waals surface area contributed by atoms with Crippen LogP contribution in [0.4, 0.5) is 5.69 Å². The molecule has 0 radical (unpaired) electrons.